The molecule has 11 heteroatoms. The van der Waals surface area contributed by atoms with E-state index in [1.165, 1.54) is 31.7 Å². The maximum absolute atomic E-state index is 14.2. The third-order valence-electron chi connectivity index (χ3n) is 4.26. The number of nitrogens with zero attached hydrogens (tertiary/aromatic N) is 3. The van der Waals surface area contributed by atoms with Crippen molar-refractivity contribution in [3.05, 3.63) is 28.7 Å². The highest BCUT2D eigenvalue weighted by Gasteiger charge is 2.35. The van der Waals surface area contributed by atoms with Crippen LogP contribution in [0.3, 0.4) is 0 Å². The van der Waals surface area contributed by atoms with E-state index in [1.807, 2.05) is 0 Å². The summed E-state index contributed by atoms with van der Waals surface area (Å²) in [6, 6.07) is 1.27. The molecule has 1 aromatic heterocycles. The van der Waals surface area contributed by atoms with Crippen molar-refractivity contribution in [1.82, 2.24) is 9.88 Å². The molecule has 1 aromatic rings. The van der Waals surface area contributed by atoms with Gasteiger partial charge in [0.1, 0.15) is 16.6 Å². The Morgan fingerprint density at radius 2 is 1.97 bits per heavy atom. The predicted octanol–water partition coefficient (Wildman–Crippen LogP) is 2.94. The lowest BCUT2D eigenvalue weighted by molar-refractivity contribution is -0.0229. The van der Waals surface area contributed by atoms with Crippen molar-refractivity contribution < 1.29 is 27.1 Å². The lowest BCUT2D eigenvalue weighted by atomic mass is 10.1. The number of pyridine rings is 1. The van der Waals surface area contributed by atoms with Crippen LogP contribution < -0.4 is 10.5 Å². The van der Waals surface area contributed by atoms with Crippen molar-refractivity contribution in [3.8, 4) is 5.75 Å². The molecule has 0 aliphatic carbocycles. The van der Waals surface area contributed by atoms with E-state index in [0.717, 1.165) is 6.20 Å². The minimum atomic E-state index is -3.60. The van der Waals surface area contributed by atoms with Gasteiger partial charge < -0.3 is 20.1 Å². The molecular weight excluding hydrogens is 427 g/mol. The molecule has 0 spiro atoms. The summed E-state index contributed by atoms with van der Waals surface area (Å²) < 4.78 is 49.6. The molecule has 1 aliphatic rings. The lowest BCUT2D eigenvalue weighted by Gasteiger charge is -2.39. The van der Waals surface area contributed by atoms with Crippen LogP contribution in [0.5, 0.6) is 5.75 Å². The molecular formula is C20H29FN4O5S. The first-order valence-electron chi connectivity index (χ1n) is 9.78. The Kier molecular flexibility index (Phi) is 7.30. The Balaban J connectivity index is 2.14. The van der Waals surface area contributed by atoms with Crippen LogP contribution in [0.1, 0.15) is 41.5 Å². The molecule has 0 atom stereocenters. The van der Waals surface area contributed by atoms with Gasteiger partial charge in [0.05, 0.1) is 30.8 Å². The molecule has 1 fully saturated rings. The van der Waals surface area contributed by atoms with Gasteiger partial charge in [-0.3, -0.25) is 0 Å². The Labute approximate surface area is 182 Å². The summed E-state index contributed by atoms with van der Waals surface area (Å²) >= 11 is 0. The molecule has 9 nitrogen and oxygen atoms in total. The van der Waals surface area contributed by atoms with Crippen LogP contribution in [0.2, 0.25) is 0 Å². The number of carbonyl (C=O) groups excluding carboxylic acids is 1. The summed E-state index contributed by atoms with van der Waals surface area (Å²) in [4.78, 5) is 21.4. The number of aliphatic imine (C=N–C) groups is 1. The second-order valence-electron chi connectivity index (χ2n) is 8.21. The van der Waals surface area contributed by atoms with E-state index in [-0.39, 0.29) is 46.7 Å². The molecule has 1 amide bonds. The highest BCUT2D eigenvalue weighted by molar-refractivity contribution is 7.96. The summed E-state index contributed by atoms with van der Waals surface area (Å²) in [7, 11) is -3.60. The predicted molar refractivity (Wildman–Crippen MR) is 116 cm³/mol. The number of carbonyl (C=O) groups is 1. The van der Waals surface area contributed by atoms with Gasteiger partial charge in [-0.1, -0.05) is 6.92 Å². The van der Waals surface area contributed by atoms with Crippen LogP contribution >= 0.6 is 0 Å². The van der Waals surface area contributed by atoms with Gasteiger partial charge in [0.15, 0.2) is 27.2 Å². The van der Waals surface area contributed by atoms with E-state index in [4.69, 9.17) is 15.2 Å². The largest absolute Gasteiger partial charge is 0.483 e. The van der Waals surface area contributed by atoms with Crippen molar-refractivity contribution in [2.24, 2.45) is 10.7 Å². The number of halogens is 1. The van der Waals surface area contributed by atoms with Crippen molar-refractivity contribution in [3.63, 3.8) is 0 Å². The number of rotatable bonds is 6. The van der Waals surface area contributed by atoms with E-state index >= 15 is 0 Å². The SMILES string of the molecule is CCS(=O)(=O)C(C(C)=Nc1cc(OC2CN(C(=O)OC(C)(C)C)C2)c(F)cn1)=C(C)N. The molecule has 31 heavy (non-hydrogen) atoms. The van der Waals surface area contributed by atoms with Gasteiger partial charge in [-0.2, -0.15) is 0 Å². The second kappa shape index (κ2) is 9.21. The zero-order valence-electron chi connectivity index (χ0n) is 18.6. The summed E-state index contributed by atoms with van der Waals surface area (Å²) in [5.41, 5.74) is 5.40. The zero-order chi connectivity index (χ0) is 23.6. The topological polar surface area (TPSA) is 124 Å². The highest BCUT2D eigenvalue weighted by Crippen LogP contribution is 2.26. The van der Waals surface area contributed by atoms with Crippen molar-refractivity contribution in [1.29, 1.82) is 0 Å². The molecule has 172 valence electrons. The molecule has 2 heterocycles. The van der Waals surface area contributed by atoms with Gasteiger partial charge in [-0.25, -0.2) is 27.6 Å². The fourth-order valence-electron chi connectivity index (χ4n) is 2.85. The minimum Gasteiger partial charge on any atom is -0.483 e. The average molecular weight is 457 g/mol. The van der Waals surface area contributed by atoms with Gasteiger partial charge >= 0.3 is 6.09 Å². The van der Waals surface area contributed by atoms with Gasteiger partial charge in [-0.15, -0.1) is 0 Å². The van der Waals surface area contributed by atoms with Crippen LogP contribution in [0.4, 0.5) is 15.0 Å². The van der Waals surface area contributed by atoms with Crippen LogP contribution in [0.25, 0.3) is 0 Å². The molecule has 0 unspecified atom stereocenters. The fourth-order valence-corrected chi connectivity index (χ4v) is 4.13. The van der Waals surface area contributed by atoms with Gasteiger partial charge in [-0.05, 0) is 34.6 Å². The molecule has 1 saturated heterocycles. The van der Waals surface area contributed by atoms with Crippen molar-refractivity contribution in [2.45, 2.75) is 53.2 Å². The van der Waals surface area contributed by atoms with Crippen molar-refractivity contribution in [2.75, 3.05) is 18.8 Å². The molecule has 1 aliphatic heterocycles. The summed E-state index contributed by atoms with van der Waals surface area (Å²) in [5.74, 6) is -0.851. The van der Waals surface area contributed by atoms with Crippen LogP contribution in [0.15, 0.2) is 27.9 Å². The maximum Gasteiger partial charge on any atom is 0.410 e. The number of aromatic nitrogens is 1. The number of sulfone groups is 1. The zero-order valence-corrected chi connectivity index (χ0v) is 19.4. The highest BCUT2D eigenvalue weighted by atomic mass is 32.2. The normalized spacial score (nSPS) is 16.5. The summed E-state index contributed by atoms with van der Waals surface area (Å²) in [6.45, 7) is 10.3. The molecule has 0 radical (unpaired) electrons. The minimum absolute atomic E-state index is 0.0716. The molecule has 2 rings (SSSR count). The molecule has 2 N–H and O–H groups in total. The van der Waals surface area contributed by atoms with Gasteiger partial charge in [0.2, 0.25) is 0 Å². The third kappa shape index (κ3) is 6.39. The first-order valence-corrected chi connectivity index (χ1v) is 11.4. The number of nitrogens with two attached hydrogens (primary N) is 1. The monoisotopic (exact) mass is 456 g/mol. The number of amides is 1. The summed E-state index contributed by atoms with van der Waals surface area (Å²) in [6.07, 6.45) is 0.0697. The molecule has 0 bridgehead atoms. The van der Waals surface area contributed by atoms with E-state index in [2.05, 4.69) is 9.98 Å². The van der Waals surface area contributed by atoms with E-state index < -0.39 is 33.5 Å². The standard InChI is InChI=1S/C20H29FN4O5S/c1-7-31(27,28)18(12(2)22)13(3)24-17-8-16(15(21)9-23-17)29-14-10-25(11-14)19(26)30-20(4,5)6/h8-9,14H,7,10-11,22H2,1-6H3. The first kappa shape index (κ1) is 24.6. The van der Waals surface area contributed by atoms with Crippen molar-refractivity contribution >= 4 is 27.5 Å². The number of hydrogen-bond donors (Lipinski definition) is 1. The van der Waals surface area contributed by atoms with E-state index in [1.54, 1.807) is 20.8 Å². The van der Waals surface area contributed by atoms with Gasteiger partial charge in [0.25, 0.3) is 0 Å². The Morgan fingerprint density at radius 1 is 1.35 bits per heavy atom. The number of ether oxygens (including phenoxy) is 2. The number of likely N-dealkylation sites (tertiary alicyclic amines) is 1. The molecule has 0 saturated carbocycles. The quantitative estimate of drug-likeness (QED) is 0.653. The van der Waals surface area contributed by atoms with E-state index in [0.29, 0.717) is 0 Å². The Morgan fingerprint density at radius 3 is 2.48 bits per heavy atom. The number of allylic oxidation sites excluding steroid dienone is 2. The van der Waals surface area contributed by atoms with E-state index in [9.17, 15) is 17.6 Å². The molecule has 0 aromatic carbocycles. The average Bonchev–Trinajstić information content (AvgIpc) is 2.57. The van der Waals surface area contributed by atoms with Crippen LogP contribution in [-0.2, 0) is 14.6 Å². The first-order chi connectivity index (χ1) is 14.2. The lowest BCUT2D eigenvalue weighted by Crippen LogP contribution is -2.57. The summed E-state index contributed by atoms with van der Waals surface area (Å²) in [5, 5.41) is 0. The smallest absolute Gasteiger partial charge is 0.410 e. The second-order valence-corrected chi connectivity index (χ2v) is 10.4. The van der Waals surface area contributed by atoms with Crippen LogP contribution in [0, 0.1) is 5.82 Å². The van der Waals surface area contributed by atoms with Gasteiger partial charge in [0, 0.05) is 11.8 Å². The van der Waals surface area contributed by atoms with Crippen LogP contribution in [-0.4, -0.2) is 60.7 Å². The maximum atomic E-state index is 14.2. The fraction of sp³-hybridized carbons (Fsp3) is 0.550. The number of hydrogen-bond acceptors (Lipinski definition) is 8. The Bertz CT molecular complexity index is 1000. The Hall–Kier alpha value is -2.69. The third-order valence-corrected chi connectivity index (χ3v) is 6.26.